The van der Waals surface area contributed by atoms with Gasteiger partial charge in [0.15, 0.2) is 0 Å². The molecule has 2 aromatic rings. The van der Waals surface area contributed by atoms with E-state index in [1.807, 2.05) is 0 Å². The number of rotatable bonds is 6. The normalized spacial score (nSPS) is 10.1. The van der Waals surface area contributed by atoms with Crippen LogP contribution in [-0.4, -0.2) is 37.1 Å². The Morgan fingerprint density at radius 2 is 1.83 bits per heavy atom. The second-order valence-corrected chi connectivity index (χ2v) is 5.00. The third kappa shape index (κ3) is 4.22. The molecule has 1 aromatic heterocycles. The summed E-state index contributed by atoms with van der Waals surface area (Å²) in [5.74, 6) is 0.176. The Labute approximate surface area is 139 Å². The van der Waals surface area contributed by atoms with E-state index >= 15 is 0 Å². The number of hydrogen-bond acceptors (Lipinski definition) is 4. The number of nitrogens with one attached hydrogen (secondary N) is 2. The second kappa shape index (κ2) is 7.96. The summed E-state index contributed by atoms with van der Waals surface area (Å²) in [7, 11) is 3.10. The lowest BCUT2D eigenvalue weighted by Crippen LogP contribution is -2.30. The molecule has 0 spiro atoms. The van der Waals surface area contributed by atoms with Crippen molar-refractivity contribution in [3.63, 3.8) is 0 Å². The lowest BCUT2D eigenvalue weighted by molar-refractivity contribution is -0.120. The number of carbonyl (C=O) groups is 2. The summed E-state index contributed by atoms with van der Waals surface area (Å²) in [6.07, 6.45) is 1.67. The van der Waals surface area contributed by atoms with E-state index in [0.717, 1.165) is 0 Å². The van der Waals surface area contributed by atoms with Crippen molar-refractivity contribution in [2.45, 2.75) is 6.42 Å². The van der Waals surface area contributed by atoms with Crippen LogP contribution in [0.2, 0.25) is 0 Å². The Morgan fingerprint density at radius 3 is 2.46 bits per heavy atom. The van der Waals surface area contributed by atoms with Crippen LogP contribution in [0, 0.1) is 0 Å². The van der Waals surface area contributed by atoms with Gasteiger partial charge in [-0.2, -0.15) is 0 Å². The van der Waals surface area contributed by atoms with E-state index in [1.54, 1.807) is 31.4 Å². The molecule has 2 N–H and O–H groups in total. The number of ether oxygens (including phenoxy) is 1. The molecule has 7 nitrogen and oxygen atoms in total. The van der Waals surface area contributed by atoms with Gasteiger partial charge in [-0.15, -0.1) is 0 Å². The van der Waals surface area contributed by atoms with Gasteiger partial charge in [-0.3, -0.25) is 19.0 Å². The van der Waals surface area contributed by atoms with Crippen LogP contribution in [0.15, 0.2) is 47.4 Å². The van der Waals surface area contributed by atoms with E-state index in [0.29, 0.717) is 17.0 Å². The Hall–Kier alpha value is -3.09. The molecule has 0 aliphatic rings. The maximum absolute atomic E-state index is 12.1. The van der Waals surface area contributed by atoms with Crippen LogP contribution in [0.5, 0.6) is 5.75 Å². The van der Waals surface area contributed by atoms with Gasteiger partial charge in [-0.1, -0.05) is 0 Å². The number of nitrogens with zero attached hydrogens (tertiary/aromatic N) is 1. The molecule has 0 radical (unpaired) electrons. The van der Waals surface area contributed by atoms with Crippen molar-refractivity contribution in [2.24, 2.45) is 0 Å². The summed E-state index contributed by atoms with van der Waals surface area (Å²) >= 11 is 0. The first-order valence-electron chi connectivity index (χ1n) is 7.41. The Bertz CT molecular complexity index is 781. The zero-order valence-electron chi connectivity index (χ0n) is 13.5. The minimum absolute atomic E-state index is 0.154. The zero-order valence-corrected chi connectivity index (χ0v) is 13.5. The number of carbonyl (C=O) groups excluding carboxylic acids is 2. The molecule has 0 saturated carbocycles. The molecule has 0 aliphatic heterocycles. The zero-order chi connectivity index (χ0) is 17.5. The van der Waals surface area contributed by atoms with Crippen molar-refractivity contribution >= 4 is 11.8 Å². The van der Waals surface area contributed by atoms with Gasteiger partial charge in [0.2, 0.25) is 5.91 Å². The van der Waals surface area contributed by atoms with Gasteiger partial charge >= 0.3 is 0 Å². The van der Waals surface area contributed by atoms with Gasteiger partial charge in [0.1, 0.15) is 5.75 Å². The van der Waals surface area contributed by atoms with Gasteiger partial charge in [0.05, 0.1) is 12.7 Å². The van der Waals surface area contributed by atoms with Crippen LogP contribution in [0.4, 0.5) is 0 Å². The van der Waals surface area contributed by atoms with Crippen LogP contribution in [0.3, 0.4) is 0 Å². The first kappa shape index (κ1) is 17.3. The molecule has 0 saturated heterocycles. The second-order valence-electron chi connectivity index (χ2n) is 5.00. The van der Waals surface area contributed by atoms with Crippen LogP contribution in [-0.2, 0) is 4.79 Å². The standard InChI is InChI=1S/C17H19N3O4/c1-18-15(21)9-10-19-17(23)12-3-8-16(22)20(11-12)13-4-6-14(24-2)7-5-13/h3-8,11H,9-10H2,1-2H3,(H,18,21)(H,19,23). The highest BCUT2D eigenvalue weighted by molar-refractivity contribution is 5.94. The Kier molecular flexibility index (Phi) is 5.73. The fourth-order valence-electron chi connectivity index (χ4n) is 2.08. The molecule has 2 amide bonds. The van der Waals surface area contributed by atoms with Crippen molar-refractivity contribution in [1.82, 2.24) is 15.2 Å². The lowest BCUT2D eigenvalue weighted by atomic mass is 10.2. The molecule has 0 fully saturated rings. The van der Waals surface area contributed by atoms with Gasteiger partial charge < -0.3 is 15.4 Å². The average molecular weight is 329 g/mol. The molecule has 0 bridgehead atoms. The predicted octanol–water partition coefficient (Wildman–Crippen LogP) is 0.712. The van der Waals surface area contributed by atoms with E-state index in [-0.39, 0.29) is 30.3 Å². The molecule has 1 aromatic carbocycles. The van der Waals surface area contributed by atoms with Crippen molar-refractivity contribution in [1.29, 1.82) is 0 Å². The van der Waals surface area contributed by atoms with E-state index in [9.17, 15) is 14.4 Å². The third-order valence-electron chi connectivity index (χ3n) is 3.44. The van der Waals surface area contributed by atoms with Gasteiger partial charge in [0.25, 0.3) is 11.5 Å². The lowest BCUT2D eigenvalue weighted by Gasteiger charge is -2.09. The molecule has 2 rings (SSSR count). The monoisotopic (exact) mass is 329 g/mol. The molecule has 0 aliphatic carbocycles. The number of aromatic nitrogens is 1. The largest absolute Gasteiger partial charge is 0.497 e. The first-order valence-corrected chi connectivity index (χ1v) is 7.41. The minimum Gasteiger partial charge on any atom is -0.497 e. The summed E-state index contributed by atoms with van der Waals surface area (Å²) in [5, 5.41) is 5.13. The molecule has 0 atom stereocenters. The summed E-state index contributed by atoms with van der Waals surface area (Å²) < 4.78 is 6.47. The maximum atomic E-state index is 12.1. The predicted molar refractivity (Wildman–Crippen MR) is 89.6 cm³/mol. The highest BCUT2D eigenvalue weighted by Gasteiger charge is 2.09. The van der Waals surface area contributed by atoms with Crippen molar-refractivity contribution in [3.05, 3.63) is 58.5 Å². The summed E-state index contributed by atoms with van der Waals surface area (Å²) in [5.41, 5.74) is 0.713. The molecule has 0 unspecified atom stereocenters. The third-order valence-corrected chi connectivity index (χ3v) is 3.44. The number of pyridine rings is 1. The average Bonchev–Trinajstić information content (AvgIpc) is 2.62. The van der Waals surface area contributed by atoms with Crippen LogP contribution < -0.4 is 20.9 Å². The molecular formula is C17H19N3O4. The molecule has 1 heterocycles. The quantitative estimate of drug-likeness (QED) is 0.817. The van der Waals surface area contributed by atoms with Gasteiger partial charge in [-0.05, 0) is 30.3 Å². The molecular weight excluding hydrogens is 310 g/mol. The fourth-order valence-corrected chi connectivity index (χ4v) is 2.08. The summed E-state index contributed by atoms with van der Waals surface area (Å²) in [6, 6.07) is 9.71. The van der Waals surface area contributed by atoms with E-state index in [4.69, 9.17) is 4.74 Å². The van der Waals surface area contributed by atoms with Gasteiger partial charge in [0, 0.05) is 38.0 Å². The fraction of sp³-hybridized carbons (Fsp3) is 0.235. The van der Waals surface area contributed by atoms with E-state index < -0.39 is 0 Å². The van der Waals surface area contributed by atoms with E-state index in [1.165, 1.54) is 29.9 Å². The molecule has 24 heavy (non-hydrogen) atoms. The van der Waals surface area contributed by atoms with Crippen LogP contribution in [0.25, 0.3) is 5.69 Å². The number of benzene rings is 1. The molecule has 7 heteroatoms. The topological polar surface area (TPSA) is 89.4 Å². The number of hydrogen-bond donors (Lipinski definition) is 2. The molecule has 126 valence electrons. The highest BCUT2D eigenvalue weighted by atomic mass is 16.5. The Morgan fingerprint density at radius 1 is 1.12 bits per heavy atom. The van der Waals surface area contributed by atoms with Crippen molar-refractivity contribution in [2.75, 3.05) is 20.7 Å². The Balaban J connectivity index is 2.16. The number of amides is 2. The highest BCUT2D eigenvalue weighted by Crippen LogP contribution is 2.14. The SMILES string of the molecule is CNC(=O)CCNC(=O)c1ccc(=O)n(-c2ccc(OC)cc2)c1. The van der Waals surface area contributed by atoms with Crippen LogP contribution in [0.1, 0.15) is 16.8 Å². The van der Waals surface area contributed by atoms with Crippen molar-refractivity contribution in [3.8, 4) is 11.4 Å². The maximum Gasteiger partial charge on any atom is 0.255 e. The number of methoxy groups -OCH3 is 1. The van der Waals surface area contributed by atoms with E-state index in [2.05, 4.69) is 10.6 Å². The minimum atomic E-state index is -0.346. The smallest absolute Gasteiger partial charge is 0.255 e. The van der Waals surface area contributed by atoms with Crippen molar-refractivity contribution < 1.29 is 14.3 Å². The van der Waals surface area contributed by atoms with Crippen LogP contribution >= 0.6 is 0 Å². The summed E-state index contributed by atoms with van der Waals surface area (Å²) in [4.78, 5) is 35.3. The van der Waals surface area contributed by atoms with Gasteiger partial charge in [-0.25, -0.2) is 0 Å². The first-order chi connectivity index (χ1) is 11.5. The summed E-state index contributed by atoms with van der Waals surface area (Å²) in [6.45, 7) is 0.222.